The lowest BCUT2D eigenvalue weighted by Gasteiger charge is -2.08. The van der Waals surface area contributed by atoms with Crippen LogP contribution in [-0.2, 0) is 0 Å². The summed E-state index contributed by atoms with van der Waals surface area (Å²) >= 11 is 3.30. The van der Waals surface area contributed by atoms with Gasteiger partial charge in [-0.3, -0.25) is 4.98 Å². The van der Waals surface area contributed by atoms with E-state index in [0.717, 1.165) is 10.0 Å². The number of halogens is 1. The van der Waals surface area contributed by atoms with Gasteiger partial charge in [0.05, 0.1) is 16.4 Å². The van der Waals surface area contributed by atoms with Crippen LogP contribution in [0.15, 0.2) is 39.5 Å². The van der Waals surface area contributed by atoms with Gasteiger partial charge in [0.15, 0.2) is 11.9 Å². The Kier molecular flexibility index (Phi) is 2.88. The molecule has 2 rings (SSSR count). The molecular weight excluding hydrogens is 258 g/mol. The van der Waals surface area contributed by atoms with E-state index >= 15 is 0 Å². The molecule has 2 aromatic rings. The summed E-state index contributed by atoms with van der Waals surface area (Å²) in [4.78, 5) is 4.11. The van der Waals surface area contributed by atoms with Crippen molar-refractivity contribution in [3.8, 4) is 0 Å². The summed E-state index contributed by atoms with van der Waals surface area (Å²) in [5.41, 5.74) is 1.65. The van der Waals surface area contributed by atoms with E-state index in [9.17, 15) is 5.11 Å². The van der Waals surface area contributed by atoms with E-state index in [4.69, 9.17) is 4.42 Å². The van der Waals surface area contributed by atoms with Gasteiger partial charge in [-0.25, -0.2) is 0 Å². The molecule has 0 aromatic carbocycles. The van der Waals surface area contributed by atoms with Crippen molar-refractivity contribution in [2.45, 2.75) is 13.0 Å². The number of aryl methyl sites for hydroxylation is 1. The summed E-state index contributed by atoms with van der Waals surface area (Å²) < 4.78 is 5.93. The third-order valence-corrected chi connectivity index (χ3v) is 2.76. The molecular formula is C11H10BrNO2. The van der Waals surface area contributed by atoms with Crippen LogP contribution in [0.4, 0.5) is 0 Å². The van der Waals surface area contributed by atoms with Gasteiger partial charge in [-0.05, 0) is 46.6 Å². The lowest BCUT2D eigenvalue weighted by atomic mass is 10.1. The van der Waals surface area contributed by atoms with Gasteiger partial charge in [-0.15, -0.1) is 0 Å². The number of aliphatic hydroxyl groups excluding tert-OH is 1. The fraction of sp³-hybridized carbons (Fsp3) is 0.182. The Morgan fingerprint density at radius 2 is 2.27 bits per heavy atom. The standard InChI is InChI=1S/C11H10BrNO2/c1-7-2-4-13-9(6-7)10(14)11-8(12)3-5-15-11/h2-6,10,14H,1H3. The Balaban J connectivity index is 2.36. The lowest BCUT2D eigenvalue weighted by molar-refractivity contribution is 0.183. The van der Waals surface area contributed by atoms with Gasteiger partial charge in [-0.2, -0.15) is 0 Å². The molecule has 4 heteroatoms. The predicted molar refractivity (Wildman–Crippen MR) is 59.4 cm³/mol. The van der Waals surface area contributed by atoms with Crippen LogP contribution in [0.3, 0.4) is 0 Å². The van der Waals surface area contributed by atoms with Crippen molar-refractivity contribution < 1.29 is 9.52 Å². The number of pyridine rings is 1. The number of nitrogens with zero attached hydrogens (tertiary/aromatic N) is 1. The predicted octanol–water partition coefficient (Wildman–Crippen LogP) is 2.83. The first-order valence-electron chi connectivity index (χ1n) is 4.52. The smallest absolute Gasteiger partial charge is 0.154 e. The topological polar surface area (TPSA) is 46.3 Å². The van der Waals surface area contributed by atoms with Crippen LogP contribution < -0.4 is 0 Å². The van der Waals surface area contributed by atoms with Gasteiger partial charge in [0.1, 0.15) is 0 Å². The van der Waals surface area contributed by atoms with Gasteiger partial charge in [-0.1, -0.05) is 0 Å². The van der Waals surface area contributed by atoms with Gasteiger partial charge in [0.2, 0.25) is 0 Å². The Labute approximate surface area is 95.9 Å². The fourth-order valence-corrected chi connectivity index (χ4v) is 1.76. The molecule has 0 saturated carbocycles. The van der Waals surface area contributed by atoms with E-state index in [-0.39, 0.29) is 0 Å². The van der Waals surface area contributed by atoms with E-state index in [2.05, 4.69) is 20.9 Å². The molecule has 0 spiro atoms. The molecule has 0 bridgehead atoms. The number of aromatic nitrogens is 1. The van der Waals surface area contributed by atoms with Crippen molar-refractivity contribution >= 4 is 15.9 Å². The molecule has 0 amide bonds. The molecule has 1 atom stereocenters. The summed E-state index contributed by atoms with van der Waals surface area (Å²) in [7, 11) is 0. The van der Waals surface area contributed by atoms with E-state index in [1.165, 1.54) is 6.26 Å². The fourth-order valence-electron chi connectivity index (χ4n) is 1.34. The molecule has 2 aromatic heterocycles. The highest BCUT2D eigenvalue weighted by Crippen LogP contribution is 2.28. The minimum atomic E-state index is -0.825. The molecule has 0 fully saturated rings. The molecule has 0 aliphatic carbocycles. The minimum absolute atomic E-state index is 0.480. The van der Waals surface area contributed by atoms with Crippen LogP contribution in [-0.4, -0.2) is 10.1 Å². The first kappa shape index (κ1) is 10.4. The van der Waals surface area contributed by atoms with Crippen LogP contribution >= 0.6 is 15.9 Å². The zero-order valence-corrected chi connectivity index (χ0v) is 9.73. The average Bonchev–Trinajstić information content (AvgIpc) is 2.63. The highest BCUT2D eigenvalue weighted by molar-refractivity contribution is 9.10. The maximum absolute atomic E-state index is 10.00. The lowest BCUT2D eigenvalue weighted by Crippen LogP contribution is -2.01. The maximum atomic E-state index is 10.00. The molecule has 1 unspecified atom stereocenters. The van der Waals surface area contributed by atoms with Crippen molar-refractivity contribution in [1.29, 1.82) is 0 Å². The largest absolute Gasteiger partial charge is 0.465 e. The quantitative estimate of drug-likeness (QED) is 0.910. The normalized spacial score (nSPS) is 12.7. The van der Waals surface area contributed by atoms with Crippen molar-refractivity contribution in [2.24, 2.45) is 0 Å². The zero-order chi connectivity index (χ0) is 10.8. The third-order valence-electron chi connectivity index (χ3n) is 2.11. The first-order valence-corrected chi connectivity index (χ1v) is 5.31. The van der Waals surface area contributed by atoms with E-state index in [0.29, 0.717) is 11.5 Å². The van der Waals surface area contributed by atoms with Gasteiger partial charge >= 0.3 is 0 Å². The van der Waals surface area contributed by atoms with Gasteiger partial charge < -0.3 is 9.52 Å². The monoisotopic (exact) mass is 267 g/mol. The number of hydrogen-bond donors (Lipinski definition) is 1. The summed E-state index contributed by atoms with van der Waals surface area (Å²) in [5, 5.41) is 10.00. The molecule has 0 aliphatic heterocycles. The molecule has 78 valence electrons. The van der Waals surface area contributed by atoms with E-state index < -0.39 is 6.10 Å². The molecule has 3 nitrogen and oxygen atoms in total. The zero-order valence-electron chi connectivity index (χ0n) is 8.14. The molecule has 1 N–H and O–H groups in total. The SMILES string of the molecule is Cc1ccnc(C(O)c2occc2Br)c1. The first-order chi connectivity index (χ1) is 7.18. The maximum Gasteiger partial charge on any atom is 0.154 e. The molecule has 2 heterocycles. The molecule has 0 radical (unpaired) electrons. The van der Waals surface area contributed by atoms with Gasteiger partial charge in [0.25, 0.3) is 0 Å². The van der Waals surface area contributed by atoms with Crippen molar-refractivity contribution in [3.63, 3.8) is 0 Å². The van der Waals surface area contributed by atoms with Crippen molar-refractivity contribution in [3.05, 3.63) is 52.1 Å². The van der Waals surface area contributed by atoms with Crippen LogP contribution in [0.2, 0.25) is 0 Å². The molecule has 15 heavy (non-hydrogen) atoms. The second-order valence-corrected chi connectivity index (χ2v) is 4.15. The van der Waals surface area contributed by atoms with Crippen molar-refractivity contribution in [1.82, 2.24) is 4.98 Å². The average molecular weight is 268 g/mol. The third kappa shape index (κ3) is 2.11. The minimum Gasteiger partial charge on any atom is -0.465 e. The summed E-state index contributed by atoms with van der Waals surface area (Å²) in [5.74, 6) is 0.480. The van der Waals surface area contributed by atoms with Crippen LogP contribution in [0.5, 0.6) is 0 Å². The Morgan fingerprint density at radius 3 is 2.87 bits per heavy atom. The number of furan rings is 1. The number of aliphatic hydroxyl groups is 1. The van der Waals surface area contributed by atoms with E-state index in [1.54, 1.807) is 12.3 Å². The highest BCUT2D eigenvalue weighted by Gasteiger charge is 2.18. The van der Waals surface area contributed by atoms with Crippen LogP contribution in [0.25, 0.3) is 0 Å². The van der Waals surface area contributed by atoms with Gasteiger partial charge in [0, 0.05) is 6.20 Å². The Bertz CT molecular complexity index is 467. The molecule has 0 saturated heterocycles. The number of rotatable bonds is 2. The Hall–Kier alpha value is -1.13. The number of hydrogen-bond acceptors (Lipinski definition) is 3. The van der Waals surface area contributed by atoms with Crippen LogP contribution in [0.1, 0.15) is 23.1 Å². The van der Waals surface area contributed by atoms with E-state index in [1.807, 2.05) is 19.1 Å². The highest BCUT2D eigenvalue weighted by atomic mass is 79.9. The second-order valence-electron chi connectivity index (χ2n) is 3.29. The summed E-state index contributed by atoms with van der Waals surface area (Å²) in [6, 6.07) is 5.46. The summed E-state index contributed by atoms with van der Waals surface area (Å²) in [6.45, 7) is 1.95. The second kappa shape index (κ2) is 4.16. The molecule has 0 aliphatic rings. The van der Waals surface area contributed by atoms with Crippen molar-refractivity contribution in [2.75, 3.05) is 0 Å². The summed E-state index contributed by atoms with van der Waals surface area (Å²) in [6.07, 6.45) is 2.37. The van der Waals surface area contributed by atoms with Crippen LogP contribution in [0, 0.1) is 6.92 Å². The Morgan fingerprint density at radius 1 is 1.47 bits per heavy atom.